The molecular weight excluding hydrogens is 366 g/mol. The van der Waals surface area contributed by atoms with E-state index in [0.717, 1.165) is 6.07 Å². The second-order valence-electron chi connectivity index (χ2n) is 5.75. The number of pyridine rings is 2. The lowest BCUT2D eigenvalue weighted by atomic mass is 10.2. The molecule has 0 aliphatic rings. The molecule has 1 amide bonds. The Morgan fingerprint density at radius 1 is 1.27 bits per heavy atom. The van der Waals surface area contributed by atoms with Crippen LogP contribution < -0.4 is 10.1 Å². The molecule has 3 aromatic heterocycles. The summed E-state index contributed by atoms with van der Waals surface area (Å²) in [5, 5.41) is 2.92. The summed E-state index contributed by atoms with van der Waals surface area (Å²) in [6.07, 6.45) is 0.244. The van der Waals surface area contributed by atoms with Crippen molar-refractivity contribution in [2.75, 3.05) is 5.32 Å². The molecule has 0 spiro atoms. The summed E-state index contributed by atoms with van der Waals surface area (Å²) in [4.78, 5) is 20.3. The molecule has 0 unspecified atom stereocenters. The van der Waals surface area contributed by atoms with Crippen LogP contribution in [0.25, 0.3) is 5.65 Å². The fourth-order valence-electron chi connectivity index (χ4n) is 2.32. The maximum absolute atomic E-state index is 12.8. The number of alkyl halides is 2. The number of fused-ring (bicyclic) bond motifs is 1. The van der Waals surface area contributed by atoms with Crippen LogP contribution in [0.1, 0.15) is 36.5 Å². The van der Waals surface area contributed by atoms with Gasteiger partial charge in [-0.3, -0.25) is 4.79 Å². The van der Waals surface area contributed by atoms with Crippen LogP contribution in [0, 0.1) is 0 Å². The van der Waals surface area contributed by atoms with Crippen LogP contribution in [0.2, 0.25) is 5.15 Å². The molecular formula is C17H15ClF2N4O2. The van der Waals surface area contributed by atoms with Gasteiger partial charge in [0.2, 0.25) is 0 Å². The lowest BCUT2D eigenvalue weighted by molar-refractivity contribution is 0.101. The van der Waals surface area contributed by atoms with E-state index in [0.29, 0.717) is 17.1 Å². The van der Waals surface area contributed by atoms with Gasteiger partial charge in [-0.25, -0.2) is 18.7 Å². The van der Waals surface area contributed by atoms with Crippen LogP contribution in [-0.4, -0.2) is 26.4 Å². The van der Waals surface area contributed by atoms with E-state index in [2.05, 4.69) is 15.3 Å². The van der Waals surface area contributed by atoms with Crippen molar-refractivity contribution in [1.29, 1.82) is 0 Å². The quantitative estimate of drug-likeness (QED) is 0.714. The van der Waals surface area contributed by atoms with Crippen LogP contribution in [0.3, 0.4) is 0 Å². The van der Waals surface area contributed by atoms with Gasteiger partial charge in [-0.05, 0) is 26.0 Å². The number of halogens is 3. The Morgan fingerprint density at radius 3 is 2.73 bits per heavy atom. The van der Waals surface area contributed by atoms with Gasteiger partial charge in [-0.1, -0.05) is 17.7 Å². The zero-order valence-corrected chi connectivity index (χ0v) is 14.7. The summed E-state index contributed by atoms with van der Waals surface area (Å²) in [6.45, 7) is 3.67. The summed E-state index contributed by atoms with van der Waals surface area (Å²) in [7, 11) is 0. The number of anilines is 1. The highest BCUT2D eigenvalue weighted by molar-refractivity contribution is 6.29. The Labute approximate surface area is 152 Å². The van der Waals surface area contributed by atoms with Gasteiger partial charge in [0, 0.05) is 18.5 Å². The average molecular weight is 381 g/mol. The lowest BCUT2D eigenvalue weighted by Crippen LogP contribution is -2.17. The maximum atomic E-state index is 12.8. The van der Waals surface area contributed by atoms with E-state index in [1.54, 1.807) is 22.9 Å². The number of carbonyl (C=O) groups is 1. The molecule has 0 aromatic carbocycles. The van der Waals surface area contributed by atoms with Crippen molar-refractivity contribution in [3.8, 4) is 5.75 Å². The number of hydrogen-bond acceptors (Lipinski definition) is 4. The standard InChI is InChI=1S/C17H15ClF2N4O2/c1-9(2)26-13-6-15-23-14(18)8-24(15)7-12(13)22-17(25)11-5-3-4-10(21-11)16(19)20/h3-9,16H,1-2H3,(H,22,25). The van der Waals surface area contributed by atoms with Crippen molar-refractivity contribution in [1.82, 2.24) is 14.4 Å². The van der Waals surface area contributed by atoms with Crippen molar-refractivity contribution in [2.24, 2.45) is 0 Å². The Morgan fingerprint density at radius 2 is 2.04 bits per heavy atom. The smallest absolute Gasteiger partial charge is 0.280 e. The van der Waals surface area contributed by atoms with Gasteiger partial charge in [0.05, 0.1) is 6.10 Å². The maximum Gasteiger partial charge on any atom is 0.280 e. The molecule has 0 aliphatic carbocycles. The molecule has 0 fully saturated rings. The Kier molecular flexibility index (Phi) is 5.03. The number of carbonyl (C=O) groups excluding carboxylic acids is 1. The zero-order valence-electron chi connectivity index (χ0n) is 13.9. The second-order valence-corrected chi connectivity index (χ2v) is 6.14. The van der Waals surface area contributed by atoms with Crippen molar-refractivity contribution in [2.45, 2.75) is 26.4 Å². The number of amides is 1. The Hall–Kier alpha value is -2.74. The van der Waals surface area contributed by atoms with Gasteiger partial charge >= 0.3 is 0 Å². The Bertz CT molecular complexity index is 959. The van der Waals surface area contributed by atoms with E-state index in [4.69, 9.17) is 16.3 Å². The topological polar surface area (TPSA) is 68.5 Å². The molecule has 3 heterocycles. The largest absolute Gasteiger partial charge is 0.489 e. The SMILES string of the molecule is CC(C)Oc1cc2nc(Cl)cn2cc1NC(=O)c1cccc(C(F)F)n1. The van der Waals surface area contributed by atoms with Crippen molar-refractivity contribution in [3.05, 3.63) is 53.2 Å². The molecule has 3 aromatic rings. The molecule has 0 saturated heterocycles. The molecule has 1 N–H and O–H groups in total. The first-order valence-corrected chi connectivity index (χ1v) is 8.12. The van der Waals surface area contributed by atoms with Gasteiger partial charge in [-0.15, -0.1) is 0 Å². The van der Waals surface area contributed by atoms with E-state index < -0.39 is 18.0 Å². The molecule has 9 heteroatoms. The number of aromatic nitrogens is 3. The van der Waals surface area contributed by atoms with Crippen LogP contribution in [0.4, 0.5) is 14.5 Å². The first-order chi connectivity index (χ1) is 12.3. The molecule has 0 bridgehead atoms. The zero-order chi connectivity index (χ0) is 18.8. The third-order valence-corrected chi connectivity index (χ3v) is 3.55. The average Bonchev–Trinajstić information content (AvgIpc) is 2.93. The van der Waals surface area contributed by atoms with Gasteiger partial charge in [0.25, 0.3) is 12.3 Å². The minimum atomic E-state index is -2.76. The van der Waals surface area contributed by atoms with Crippen LogP contribution in [-0.2, 0) is 0 Å². The lowest BCUT2D eigenvalue weighted by Gasteiger charge is -2.15. The first-order valence-electron chi connectivity index (χ1n) is 7.75. The fraction of sp³-hybridized carbons (Fsp3) is 0.235. The third kappa shape index (κ3) is 3.91. The summed E-state index contributed by atoms with van der Waals surface area (Å²) >= 11 is 5.90. The summed E-state index contributed by atoms with van der Waals surface area (Å²) in [5.74, 6) is -0.250. The molecule has 26 heavy (non-hydrogen) atoms. The molecule has 0 aliphatic heterocycles. The van der Waals surface area contributed by atoms with Gasteiger partial charge in [0.1, 0.15) is 33.6 Å². The van der Waals surface area contributed by atoms with E-state index in [1.807, 2.05) is 13.8 Å². The number of nitrogens with zero attached hydrogens (tertiary/aromatic N) is 3. The monoisotopic (exact) mass is 380 g/mol. The molecule has 3 rings (SSSR count). The minimum absolute atomic E-state index is 0.123. The van der Waals surface area contributed by atoms with E-state index in [-0.39, 0.29) is 17.0 Å². The van der Waals surface area contributed by atoms with Crippen molar-refractivity contribution >= 4 is 28.8 Å². The normalized spacial score (nSPS) is 11.3. The summed E-state index contributed by atoms with van der Waals surface area (Å²) in [5.41, 5.74) is 0.297. The predicted octanol–water partition coefficient (Wildman–Crippen LogP) is 4.36. The van der Waals surface area contributed by atoms with Crippen LogP contribution in [0.5, 0.6) is 5.75 Å². The highest BCUT2D eigenvalue weighted by Gasteiger charge is 2.17. The Balaban J connectivity index is 1.95. The second kappa shape index (κ2) is 7.25. The third-order valence-electron chi connectivity index (χ3n) is 3.36. The summed E-state index contributed by atoms with van der Waals surface area (Å²) < 4.78 is 32.9. The van der Waals surface area contributed by atoms with Gasteiger partial charge in [-0.2, -0.15) is 0 Å². The predicted molar refractivity (Wildman–Crippen MR) is 93.1 cm³/mol. The number of ether oxygens (including phenoxy) is 1. The van der Waals surface area contributed by atoms with Crippen molar-refractivity contribution in [3.63, 3.8) is 0 Å². The van der Waals surface area contributed by atoms with E-state index in [9.17, 15) is 13.6 Å². The van der Waals surface area contributed by atoms with Crippen LogP contribution >= 0.6 is 11.6 Å². The number of rotatable bonds is 5. The van der Waals surface area contributed by atoms with Gasteiger partial charge < -0.3 is 14.5 Å². The molecule has 136 valence electrons. The number of hydrogen-bond donors (Lipinski definition) is 1. The highest BCUT2D eigenvalue weighted by atomic mass is 35.5. The van der Waals surface area contributed by atoms with Crippen LogP contribution in [0.15, 0.2) is 36.7 Å². The molecule has 6 nitrogen and oxygen atoms in total. The van der Waals surface area contributed by atoms with Gasteiger partial charge in [0.15, 0.2) is 0 Å². The van der Waals surface area contributed by atoms with E-state index in [1.165, 1.54) is 12.1 Å². The highest BCUT2D eigenvalue weighted by Crippen LogP contribution is 2.28. The summed E-state index contributed by atoms with van der Waals surface area (Å²) in [6, 6.07) is 5.50. The molecule has 0 saturated carbocycles. The van der Waals surface area contributed by atoms with E-state index >= 15 is 0 Å². The fourth-order valence-corrected chi connectivity index (χ4v) is 2.51. The van der Waals surface area contributed by atoms with Crippen molar-refractivity contribution < 1.29 is 18.3 Å². The minimum Gasteiger partial charge on any atom is -0.489 e. The number of imidazole rings is 1. The molecule has 0 atom stereocenters. The number of nitrogens with one attached hydrogen (secondary N) is 1. The first kappa shape index (κ1) is 18.1. The molecule has 0 radical (unpaired) electrons.